The van der Waals surface area contributed by atoms with Crippen molar-refractivity contribution in [2.45, 2.75) is 39.5 Å². The third kappa shape index (κ3) is 4.08. The number of aryl methyl sites for hydroxylation is 1. The quantitative estimate of drug-likeness (QED) is 0.481. The molecule has 1 amide bonds. The van der Waals surface area contributed by atoms with Crippen LogP contribution in [0.25, 0.3) is 11.1 Å². The Labute approximate surface area is 181 Å². The Hall–Kier alpha value is -2.79. The Balaban J connectivity index is 1.72. The third-order valence-electron chi connectivity index (χ3n) is 5.28. The summed E-state index contributed by atoms with van der Waals surface area (Å²) in [6, 6.07) is 14.5. The molecule has 1 atom stereocenters. The summed E-state index contributed by atoms with van der Waals surface area (Å²) in [6.45, 7) is 7.35. The van der Waals surface area contributed by atoms with Crippen LogP contribution in [0.5, 0.6) is 11.5 Å². The van der Waals surface area contributed by atoms with Crippen LogP contribution in [-0.4, -0.2) is 19.1 Å². The van der Waals surface area contributed by atoms with E-state index in [-0.39, 0.29) is 11.8 Å². The number of fused-ring (bicyclic) bond motifs is 1. The summed E-state index contributed by atoms with van der Waals surface area (Å²) < 4.78 is 11.7. The molecule has 3 aromatic rings. The van der Waals surface area contributed by atoms with E-state index < -0.39 is 0 Å². The molecule has 4 rings (SSSR count). The zero-order valence-electron chi connectivity index (χ0n) is 17.7. The van der Waals surface area contributed by atoms with E-state index >= 15 is 0 Å². The maximum absolute atomic E-state index is 12.6. The van der Waals surface area contributed by atoms with Gasteiger partial charge in [-0.1, -0.05) is 42.8 Å². The van der Waals surface area contributed by atoms with Crippen molar-refractivity contribution in [3.05, 3.63) is 63.8 Å². The highest BCUT2D eigenvalue weighted by Crippen LogP contribution is 2.47. The molecule has 2 aromatic carbocycles. The van der Waals surface area contributed by atoms with Gasteiger partial charge in [0.1, 0.15) is 0 Å². The highest BCUT2D eigenvalue weighted by atomic mass is 32.1. The lowest BCUT2D eigenvalue weighted by Crippen LogP contribution is -2.22. The molecule has 0 unspecified atom stereocenters. The molecule has 0 bridgehead atoms. The van der Waals surface area contributed by atoms with E-state index in [1.54, 1.807) is 11.3 Å². The minimum absolute atomic E-state index is 0.0115. The predicted molar refractivity (Wildman–Crippen MR) is 123 cm³/mol. The van der Waals surface area contributed by atoms with E-state index in [0.717, 1.165) is 40.3 Å². The first-order valence-electron chi connectivity index (χ1n) is 10.5. The van der Waals surface area contributed by atoms with Gasteiger partial charge in [-0.3, -0.25) is 4.79 Å². The second-order valence-electron chi connectivity index (χ2n) is 7.55. The van der Waals surface area contributed by atoms with Crippen molar-refractivity contribution in [2.75, 3.05) is 18.5 Å². The van der Waals surface area contributed by atoms with Gasteiger partial charge >= 0.3 is 0 Å². The van der Waals surface area contributed by atoms with Gasteiger partial charge in [-0.2, -0.15) is 0 Å². The number of carbonyl (C=O) groups is 1. The topological polar surface area (TPSA) is 47.6 Å². The van der Waals surface area contributed by atoms with Gasteiger partial charge in [-0.05, 0) is 43.5 Å². The Morgan fingerprint density at radius 3 is 2.60 bits per heavy atom. The molecule has 1 aliphatic heterocycles. The zero-order chi connectivity index (χ0) is 21.1. The van der Waals surface area contributed by atoms with Crippen molar-refractivity contribution >= 4 is 22.9 Å². The van der Waals surface area contributed by atoms with Crippen LogP contribution in [0.2, 0.25) is 0 Å². The molecule has 0 radical (unpaired) electrons. The van der Waals surface area contributed by atoms with Crippen molar-refractivity contribution in [1.29, 1.82) is 0 Å². The molecule has 0 fully saturated rings. The Kier molecular flexibility index (Phi) is 6.09. The van der Waals surface area contributed by atoms with Crippen molar-refractivity contribution in [3.63, 3.8) is 0 Å². The first kappa shape index (κ1) is 20.5. The summed E-state index contributed by atoms with van der Waals surface area (Å²) in [5.74, 6) is 1.56. The summed E-state index contributed by atoms with van der Waals surface area (Å²) >= 11 is 1.71. The Morgan fingerprint density at radius 1 is 1.07 bits per heavy atom. The van der Waals surface area contributed by atoms with E-state index in [4.69, 9.17) is 9.47 Å². The van der Waals surface area contributed by atoms with E-state index in [1.807, 2.05) is 19.1 Å². The second-order valence-corrected chi connectivity index (χ2v) is 8.46. The number of amides is 1. The van der Waals surface area contributed by atoms with Gasteiger partial charge in [0.2, 0.25) is 5.91 Å². The number of hydrogen-bond donors (Lipinski definition) is 1. The fourth-order valence-electron chi connectivity index (χ4n) is 3.78. The van der Waals surface area contributed by atoms with Gasteiger partial charge in [-0.15, -0.1) is 11.3 Å². The smallest absolute Gasteiger partial charge is 0.225 e. The molecule has 0 spiro atoms. The summed E-state index contributed by atoms with van der Waals surface area (Å²) in [5.41, 5.74) is 5.45. The SMILES string of the molecule is CCCOc1ccc([C@H]2CC(=O)Nc3c(-c4ccc(C)cc4)csc32)cc1OCC. The molecule has 5 heteroatoms. The number of rotatable bonds is 7. The molecule has 30 heavy (non-hydrogen) atoms. The lowest BCUT2D eigenvalue weighted by molar-refractivity contribution is -0.116. The lowest BCUT2D eigenvalue weighted by atomic mass is 9.89. The average molecular weight is 422 g/mol. The van der Waals surface area contributed by atoms with E-state index in [1.165, 1.54) is 10.4 Å². The predicted octanol–water partition coefficient (Wildman–Crippen LogP) is 6.39. The van der Waals surface area contributed by atoms with Gasteiger partial charge in [0, 0.05) is 28.2 Å². The van der Waals surface area contributed by atoms with Crippen molar-refractivity contribution in [1.82, 2.24) is 0 Å². The average Bonchev–Trinajstić information content (AvgIpc) is 3.16. The first-order chi connectivity index (χ1) is 14.6. The van der Waals surface area contributed by atoms with Crippen LogP contribution in [-0.2, 0) is 4.79 Å². The van der Waals surface area contributed by atoms with Crippen molar-refractivity contribution < 1.29 is 14.3 Å². The van der Waals surface area contributed by atoms with Gasteiger partial charge in [0.25, 0.3) is 0 Å². The lowest BCUT2D eigenvalue weighted by Gasteiger charge is -2.25. The number of nitrogens with one attached hydrogen (secondary N) is 1. The normalized spacial score (nSPS) is 15.4. The number of anilines is 1. The number of thiophene rings is 1. The van der Waals surface area contributed by atoms with E-state index in [9.17, 15) is 4.79 Å². The minimum atomic E-state index is 0.0115. The molecule has 1 aromatic heterocycles. The fraction of sp³-hybridized carbons (Fsp3) is 0.320. The van der Waals surface area contributed by atoms with E-state index in [0.29, 0.717) is 19.6 Å². The summed E-state index contributed by atoms with van der Waals surface area (Å²) in [4.78, 5) is 13.8. The Bertz CT molecular complexity index is 1040. The second kappa shape index (κ2) is 8.92. The van der Waals surface area contributed by atoms with Gasteiger partial charge in [0.05, 0.1) is 18.9 Å². The van der Waals surface area contributed by atoms with Crippen LogP contribution >= 0.6 is 11.3 Å². The van der Waals surface area contributed by atoms with Gasteiger partial charge in [0.15, 0.2) is 11.5 Å². The summed E-state index contributed by atoms with van der Waals surface area (Å²) in [5, 5.41) is 5.26. The number of hydrogen-bond acceptors (Lipinski definition) is 4. The molecule has 1 aliphatic rings. The third-order valence-corrected chi connectivity index (χ3v) is 6.38. The maximum Gasteiger partial charge on any atom is 0.225 e. The molecule has 2 heterocycles. The van der Waals surface area contributed by atoms with Crippen molar-refractivity contribution in [3.8, 4) is 22.6 Å². The maximum atomic E-state index is 12.6. The zero-order valence-corrected chi connectivity index (χ0v) is 18.5. The fourth-order valence-corrected chi connectivity index (χ4v) is 4.94. The number of carbonyl (C=O) groups excluding carboxylic acids is 1. The number of ether oxygens (including phenoxy) is 2. The van der Waals surface area contributed by atoms with Crippen LogP contribution in [0.3, 0.4) is 0 Å². The monoisotopic (exact) mass is 421 g/mol. The van der Waals surface area contributed by atoms with Crippen LogP contribution in [0.4, 0.5) is 5.69 Å². The molecule has 156 valence electrons. The number of benzene rings is 2. The van der Waals surface area contributed by atoms with Gasteiger partial charge < -0.3 is 14.8 Å². The molecular formula is C25H27NO3S. The summed E-state index contributed by atoms with van der Waals surface area (Å²) in [6.07, 6.45) is 1.37. The first-order valence-corrected chi connectivity index (χ1v) is 11.4. The molecule has 0 saturated heterocycles. The van der Waals surface area contributed by atoms with E-state index in [2.05, 4.69) is 54.9 Å². The standard InChI is InChI=1S/C25H27NO3S/c1-4-12-29-21-11-10-18(13-22(21)28-5-2)19-14-23(27)26-24-20(15-30-25(19)24)17-8-6-16(3)7-9-17/h6-11,13,15,19H,4-5,12,14H2,1-3H3,(H,26,27)/t19-/m1/s1. The summed E-state index contributed by atoms with van der Waals surface area (Å²) in [7, 11) is 0. The highest BCUT2D eigenvalue weighted by molar-refractivity contribution is 7.11. The highest BCUT2D eigenvalue weighted by Gasteiger charge is 2.31. The van der Waals surface area contributed by atoms with Crippen LogP contribution in [0, 0.1) is 6.92 Å². The van der Waals surface area contributed by atoms with Gasteiger partial charge in [-0.25, -0.2) is 0 Å². The minimum Gasteiger partial charge on any atom is -0.490 e. The molecule has 4 nitrogen and oxygen atoms in total. The van der Waals surface area contributed by atoms with Crippen LogP contribution < -0.4 is 14.8 Å². The van der Waals surface area contributed by atoms with Crippen LogP contribution in [0.1, 0.15) is 48.6 Å². The van der Waals surface area contributed by atoms with Crippen molar-refractivity contribution in [2.24, 2.45) is 0 Å². The molecule has 1 N–H and O–H groups in total. The molecular weight excluding hydrogens is 394 g/mol. The van der Waals surface area contributed by atoms with Crippen LogP contribution in [0.15, 0.2) is 47.8 Å². The molecule has 0 aliphatic carbocycles. The Morgan fingerprint density at radius 2 is 1.87 bits per heavy atom. The molecule has 0 saturated carbocycles. The largest absolute Gasteiger partial charge is 0.490 e.